The van der Waals surface area contributed by atoms with E-state index in [2.05, 4.69) is 10.3 Å². The second kappa shape index (κ2) is 5.51. The van der Waals surface area contributed by atoms with Gasteiger partial charge in [-0.3, -0.25) is 0 Å². The second-order valence-corrected chi connectivity index (χ2v) is 4.64. The molecule has 4 heteroatoms. The minimum Gasteiger partial charge on any atom is -0.385 e. The van der Waals surface area contributed by atoms with Gasteiger partial charge in [-0.25, -0.2) is 4.98 Å². The first-order valence-corrected chi connectivity index (χ1v) is 6.07. The first-order valence-electron chi connectivity index (χ1n) is 5.70. The fourth-order valence-electron chi connectivity index (χ4n) is 1.94. The number of hydrogen-bond acceptors (Lipinski definition) is 3. The third kappa shape index (κ3) is 3.35. The smallest absolute Gasteiger partial charge is 0.131 e. The lowest BCUT2D eigenvalue weighted by molar-refractivity contribution is 0.0699. The van der Waals surface area contributed by atoms with Gasteiger partial charge >= 0.3 is 0 Å². The largest absolute Gasteiger partial charge is 0.385 e. The molecule has 1 saturated heterocycles. The summed E-state index contributed by atoms with van der Waals surface area (Å²) in [6, 6.07) is 3.89. The van der Waals surface area contributed by atoms with Gasteiger partial charge in [-0.1, -0.05) is 11.6 Å². The van der Waals surface area contributed by atoms with Gasteiger partial charge in [0.25, 0.3) is 0 Å². The lowest BCUT2D eigenvalue weighted by atomic mass is 10.0. The molecular weight excluding hydrogens is 224 g/mol. The molecule has 0 atom stereocenters. The molecule has 0 saturated carbocycles. The Kier molecular flexibility index (Phi) is 4.02. The molecule has 1 aliphatic heterocycles. The number of halogens is 1. The molecule has 1 aromatic heterocycles. The maximum Gasteiger partial charge on any atom is 0.131 e. The summed E-state index contributed by atoms with van der Waals surface area (Å²) in [4.78, 5) is 4.13. The fourth-order valence-corrected chi connectivity index (χ4v) is 2.19. The van der Waals surface area contributed by atoms with Crippen molar-refractivity contribution in [1.82, 2.24) is 4.98 Å². The van der Waals surface area contributed by atoms with Crippen molar-refractivity contribution >= 4 is 17.3 Å². The Morgan fingerprint density at radius 1 is 1.44 bits per heavy atom. The van der Waals surface area contributed by atoms with Gasteiger partial charge in [0.05, 0.1) is 0 Å². The topological polar surface area (TPSA) is 34.1 Å². The number of nitrogens with one attached hydrogen (secondary N) is 1. The van der Waals surface area contributed by atoms with Crippen molar-refractivity contribution in [2.45, 2.75) is 19.8 Å². The predicted molar refractivity (Wildman–Crippen MR) is 66.0 cm³/mol. The van der Waals surface area contributed by atoms with Gasteiger partial charge in [-0.05, 0) is 37.8 Å². The minimum atomic E-state index is 0.550. The van der Waals surface area contributed by atoms with E-state index in [9.17, 15) is 0 Å². The van der Waals surface area contributed by atoms with Gasteiger partial charge in [0.1, 0.15) is 5.15 Å². The van der Waals surface area contributed by atoms with Crippen LogP contribution in [-0.2, 0) is 4.74 Å². The Bertz CT molecular complexity index is 331. The fraction of sp³-hybridized carbons (Fsp3) is 0.583. The first kappa shape index (κ1) is 11.7. The van der Waals surface area contributed by atoms with Crippen molar-refractivity contribution in [3.8, 4) is 0 Å². The molecule has 0 amide bonds. The molecule has 88 valence electrons. The third-order valence-corrected chi connectivity index (χ3v) is 3.05. The Hall–Kier alpha value is -0.800. The average Bonchev–Trinajstić information content (AvgIpc) is 2.27. The van der Waals surface area contributed by atoms with E-state index in [0.717, 1.165) is 44.0 Å². The molecule has 0 aliphatic carbocycles. The van der Waals surface area contributed by atoms with Crippen molar-refractivity contribution in [3.05, 3.63) is 23.0 Å². The van der Waals surface area contributed by atoms with Crippen molar-refractivity contribution in [1.29, 1.82) is 0 Å². The predicted octanol–water partition coefficient (Wildman–Crippen LogP) is 2.88. The van der Waals surface area contributed by atoms with Crippen molar-refractivity contribution in [3.63, 3.8) is 0 Å². The molecule has 16 heavy (non-hydrogen) atoms. The van der Waals surface area contributed by atoms with Crippen LogP contribution in [0.4, 0.5) is 5.69 Å². The highest BCUT2D eigenvalue weighted by Gasteiger charge is 2.13. The number of aromatic nitrogens is 1. The van der Waals surface area contributed by atoms with Gasteiger partial charge in [0.2, 0.25) is 0 Å². The highest BCUT2D eigenvalue weighted by Crippen LogP contribution is 2.18. The third-order valence-electron chi connectivity index (χ3n) is 2.86. The quantitative estimate of drug-likeness (QED) is 0.825. The lowest BCUT2D eigenvalue weighted by Gasteiger charge is -2.22. The maximum absolute atomic E-state index is 5.90. The zero-order valence-electron chi connectivity index (χ0n) is 9.50. The van der Waals surface area contributed by atoms with E-state index in [0.29, 0.717) is 11.1 Å². The van der Waals surface area contributed by atoms with Gasteiger partial charge in [0.15, 0.2) is 0 Å². The highest BCUT2D eigenvalue weighted by molar-refractivity contribution is 6.29. The maximum atomic E-state index is 5.90. The number of aryl methyl sites for hydroxylation is 1. The summed E-state index contributed by atoms with van der Waals surface area (Å²) in [6.07, 6.45) is 2.29. The molecule has 2 heterocycles. The van der Waals surface area contributed by atoms with Crippen LogP contribution in [0.25, 0.3) is 0 Å². The van der Waals surface area contributed by atoms with Crippen LogP contribution in [0, 0.1) is 12.8 Å². The number of hydrogen-bond donors (Lipinski definition) is 1. The number of nitrogens with zero attached hydrogens (tertiary/aromatic N) is 1. The molecule has 0 radical (unpaired) electrons. The molecule has 0 bridgehead atoms. The summed E-state index contributed by atoms with van der Waals surface area (Å²) in [6.45, 7) is 4.72. The number of ether oxygens (including phenoxy) is 1. The minimum absolute atomic E-state index is 0.550. The summed E-state index contributed by atoms with van der Waals surface area (Å²) in [7, 11) is 0. The van der Waals surface area contributed by atoms with Gasteiger partial charge in [-0.2, -0.15) is 0 Å². The molecule has 3 nitrogen and oxygen atoms in total. The van der Waals surface area contributed by atoms with Gasteiger partial charge < -0.3 is 10.1 Å². The summed E-state index contributed by atoms with van der Waals surface area (Å²) in [5.74, 6) is 0.709. The van der Waals surface area contributed by atoms with Gasteiger partial charge in [0, 0.05) is 31.1 Å². The molecule has 1 aromatic rings. The van der Waals surface area contributed by atoms with Crippen molar-refractivity contribution in [2.24, 2.45) is 5.92 Å². The summed E-state index contributed by atoms with van der Waals surface area (Å²) in [5.41, 5.74) is 2.01. The molecule has 2 rings (SSSR count). The SMILES string of the molecule is Cc1cc(NCC2CCOCC2)cc(Cl)n1. The van der Waals surface area contributed by atoms with E-state index in [1.807, 2.05) is 19.1 Å². The number of anilines is 1. The van der Waals surface area contributed by atoms with E-state index >= 15 is 0 Å². The lowest BCUT2D eigenvalue weighted by Crippen LogP contribution is -2.22. The Labute approximate surface area is 101 Å². The van der Waals surface area contributed by atoms with Crippen LogP contribution in [0.2, 0.25) is 5.15 Å². The number of rotatable bonds is 3. The second-order valence-electron chi connectivity index (χ2n) is 4.26. The zero-order chi connectivity index (χ0) is 11.4. The van der Waals surface area contributed by atoms with Crippen LogP contribution < -0.4 is 5.32 Å². The van der Waals surface area contributed by atoms with E-state index < -0.39 is 0 Å². The molecule has 0 spiro atoms. The highest BCUT2D eigenvalue weighted by atomic mass is 35.5. The standard InChI is InChI=1S/C12H17ClN2O/c1-9-6-11(7-12(13)15-9)14-8-10-2-4-16-5-3-10/h6-7,10H,2-5,8H2,1H3,(H,14,15). The average molecular weight is 241 g/mol. The van der Waals surface area contributed by atoms with Crippen LogP contribution in [0.5, 0.6) is 0 Å². The zero-order valence-corrected chi connectivity index (χ0v) is 10.3. The van der Waals surface area contributed by atoms with Crippen LogP contribution in [-0.4, -0.2) is 24.7 Å². The van der Waals surface area contributed by atoms with E-state index in [4.69, 9.17) is 16.3 Å². The van der Waals surface area contributed by atoms with Crippen LogP contribution in [0.15, 0.2) is 12.1 Å². The van der Waals surface area contributed by atoms with Crippen LogP contribution in [0.3, 0.4) is 0 Å². The van der Waals surface area contributed by atoms with Crippen molar-refractivity contribution in [2.75, 3.05) is 25.1 Å². The van der Waals surface area contributed by atoms with Crippen LogP contribution in [0.1, 0.15) is 18.5 Å². The summed E-state index contributed by atoms with van der Waals surface area (Å²) in [5, 5.41) is 3.97. The summed E-state index contributed by atoms with van der Waals surface area (Å²) < 4.78 is 5.33. The summed E-state index contributed by atoms with van der Waals surface area (Å²) >= 11 is 5.90. The number of pyridine rings is 1. The Morgan fingerprint density at radius 2 is 2.19 bits per heavy atom. The van der Waals surface area contributed by atoms with Crippen LogP contribution >= 0.6 is 11.6 Å². The normalized spacial score (nSPS) is 17.4. The van der Waals surface area contributed by atoms with E-state index in [1.165, 1.54) is 0 Å². The van der Waals surface area contributed by atoms with E-state index in [-0.39, 0.29) is 0 Å². The molecule has 1 aliphatic rings. The molecule has 1 N–H and O–H groups in total. The van der Waals surface area contributed by atoms with E-state index in [1.54, 1.807) is 0 Å². The Morgan fingerprint density at radius 3 is 2.88 bits per heavy atom. The monoisotopic (exact) mass is 240 g/mol. The van der Waals surface area contributed by atoms with Crippen molar-refractivity contribution < 1.29 is 4.74 Å². The molecule has 0 unspecified atom stereocenters. The molecule has 1 fully saturated rings. The molecule has 0 aromatic carbocycles. The molecular formula is C12H17ClN2O. The first-order chi connectivity index (χ1) is 7.74. The van der Waals surface area contributed by atoms with Gasteiger partial charge in [-0.15, -0.1) is 0 Å². The Balaban J connectivity index is 1.88.